The quantitative estimate of drug-likeness (QED) is 0.0791. The third kappa shape index (κ3) is 11.3. The maximum atomic E-state index is 13.1. The van der Waals surface area contributed by atoms with Crippen molar-refractivity contribution in [1.29, 1.82) is 0 Å². The van der Waals surface area contributed by atoms with Crippen LogP contribution < -0.4 is 4.74 Å². The van der Waals surface area contributed by atoms with Crippen LogP contribution in [0.2, 0.25) is 0 Å². The Morgan fingerprint density at radius 1 is 0.872 bits per heavy atom. The van der Waals surface area contributed by atoms with E-state index in [2.05, 4.69) is 39.8 Å². The standard InChI is InChI=1S/C38H58O8S/c1-9-10-11-13-27-17-18-34(47-27)33-20-25-15-16-26(21-32(25)46-33)45-23-31(42)30(41)22-29(40)28(39)14-12-19-44-35(43)38(8,37(5,6)7)24-36(2,3)4/h15-18,20-21,28-31,39-42H,9-14,19,22-24H2,1-8H3. The van der Waals surface area contributed by atoms with Crippen LogP contribution in [0, 0.1) is 16.2 Å². The molecule has 0 bridgehead atoms. The Hall–Kier alpha value is -2.43. The van der Waals surface area contributed by atoms with Gasteiger partial charge in [0.25, 0.3) is 0 Å². The van der Waals surface area contributed by atoms with Gasteiger partial charge in [-0.3, -0.25) is 4.79 Å². The number of carbonyl (C=O) groups excluding carboxylic acids is 1. The first-order valence-electron chi connectivity index (χ1n) is 17.1. The Bertz CT molecular complexity index is 1400. The molecule has 9 heteroatoms. The fourth-order valence-corrected chi connectivity index (χ4v) is 6.79. The van der Waals surface area contributed by atoms with Crippen LogP contribution in [0.25, 0.3) is 21.6 Å². The van der Waals surface area contributed by atoms with Crippen molar-refractivity contribution in [2.45, 2.75) is 131 Å². The largest absolute Gasteiger partial charge is 0.491 e. The normalized spacial score (nSPS) is 16.4. The molecule has 5 unspecified atom stereocenters. The number of furan rings is 1. The third-order valence-corrected chi connectivity index (χ3v) is 10.2. The highest BCUT2D eigenvalue weighted by atomic mass is 32.1. The minimum atomic E-state index is -1.31. The van der Waals surface area contributed by atoms with E-state index in [9.17, 15) is 25.2 Å². The minimum Gasteiger partial charge on any atom is -0.491 e. The molecular weight excluding hydrogens is 616 g/mol. The molecule has 0 spiro atoms. The summed E-state index contributed by atoms with van der Waals surface area (Å²) in [7, 11) is 0. The van der Waals surface area contributed by atoms with Crippen LogP contribution in [0.3, 0.4) is 0 Å². The van der Waals surface area contributed by atoms with Gasteiger partial charge in [-0.05, 0) is 80.2 Å². The highest BCUT2D eigenvalue weighted by molar-refractivity contribution is 7.15. The maximum Gasteiger partial charge on any atom is 0.312 e. The zero-order chi connectivity index (χ0) is 35.0. The predicted molar refractivity (Wildman–Crippen MR) is 189 cm³/mol. The molecule has 3 rings (SSSR count). The van der Waals surface area contributed by atoms with Crippen molar-refractivity contribution in [2.24, 2.45) is 16.2 Å². The molecule has 5 atom stereocenters. The van der Waals surface area contributed by atoms with Crippen LogP contribution in [-0.4, -0.2) is 64.0 Å². The number of hydrogen-bond donors (Lipinski definition) is 4. The first-order valence-corrected chi connectivity index (χ1v) is 17.9. The van der Waals surface area contributed by atoms with Crippen LogP contribution in [0.5, 0.6) is 5.75 Å². The molecule has 0 amide bonds. The lowest BCUT2D eigenvalue weighted by atomic mass is 9.61. The monoisotopic (exact) mass is 674 g/mol. The summed E-state index contributed by atoms with van der Waals surface area (Å²) < 4.78 is 17.5. The van der Waals surface area contributed by atoms with Gasteiger partial charge < -0.3 is 34.3 Å². The molecule has 0 saturated carbocycles. The molecule has 2 aromatic heterocycles. The third-order valence-electron chi connectivity index (χ3n) is 9.08. The second-order valence-electron chi connectivity index (χ2n) is 15.4. The summed E-state index contributed by atoms with van der Waals surface area (Å²) in [6, 6.07) is 11.7. The summed E-state index contributed by atoms with van der Waals surface area (Å²) >= 11 is 1.75. The van der Waals surface area contributed by atoms with E-state index in [1.54, 1.807) is 23.5 Å². The van der Waals surface area contributed by atoms with Gasteiger partial charge in [-0.1, -0.05) is 61.3 Å². The molecule has 0 aliphatic carbocycles. The number of esters is 1. The first kappa shape index (κ1) is 39.0. The lowest BCUT2D eigenvalue weighted by Gasteiger charge is -2.43. The van der Waals surface area contributed by atoms with Crippen molar-refractivity contribution < 1.29 is 39.1 Å². The predicted octanol–water partition coefficient (Wildman–Crippen LogP) is 7.92. The van der Waals surface area contributed by atoms with E-state index >= 15 is 0 Å². The molecule has 0 fully saturated rings. The van der Waals surface area contributed by atoms with E-state index in [0.29, 0.717) is 24.2 Å². The summed E-state index contributed by atoms with van der Waals surface area (Å²) in [5, 5.41) is 42.9. The molecule has 8 nitrogen and oxygen atoms in total. The Kier molecular flexibility index (Phi) is 13.9. The number of aliphatic hydroxyl groups excluding tert-OH is 4. The van der Waals surface area contributed by atoms with Gasteiger partial charge in [0.1, 0.15) is 29.8 Å². The van der Waals surface area contributed by atoms with Crippen LogP contribution in [-0.2, 0) is 16.0 Å². The Morgan fingerprint density at radius 2 is 1.57 bits per heavy atom. The van der Waals surface area contributed by atoms with Gasteiger partial charge in [-0.15, -0.1) is 11.3 Å². The first-order chi connectivity index (χ1) is 21.9. The van der Waals surface area contributed by atoms with Crippen LogP contribution in [0.4, 0.5) is 0 Å². The van der Waals surface area contributed by atoms with E-state index in [0.717, 1.165) is 22.4 Å². The lowest BCUT2D eigenvalue weighted by Crippen LogP contribution is -2.44. The Balaban J connectivity index is 1.44. The van der Waals surface area contributed by atoms with Crippen molar-refractivity contribution in [2.75, 3.05) is 13.2 Å². The van der Waals surface area contributed by atoms with Crippen LogP contribution >= 0.6 is 11.3 Å². The fourth-order valence-electron chi connectivity index (χ4n) is 5.78. The SMILES string of the molecule is CCCCCc1ccc(-c2cc3ccc(OCC(O)C(O)CC(O)C(O)CCCOC(=O)C(C)(CC(C)(C)C)C(C)(C)C)cc3o2)s1. The van der Waals surface area contributed by atoms with Crippen molar-refractivity contribution in [1.82, 2.24) is 0 Å². The number of benzene rings is 1. The fraction of sp³-hybridized carbons (Fsp3) is 0.658. The highest BCUT2D eigenvalue weighted by Crippen LogP contribution is 2.47. The summed E-state index contributed by atoms with van der Waals surface area (Å²) in [6.45, 7) is 16.5. The van der Waals surface area contributed by atoms with E-state index in [1.807, 2.05) is 39.8 Å². The molecule has 0 aliphatic heterocycles. The second-order valence-corrected chi connectivity index (χ2v) is 16.6. The molecular formula is C38H58O8S. The molecule has 0 aliphatic rings. The Labute approximate surface area is 285 Å². The van der Waals surface area contributed by atoms with Crippen molar-refractivity contribution >= 4 is 28.3 Å². The van der Waals surface area contributed by atoms with Gasteiger partial charge >= 0.3 is 5.97 Å². The second kappa shape index (κ2) is 16.8. The number of thiophene rings is 1. The topological polar surface area (TPSA) is 130 Å². The van der Waals surface area contributed by atoms with Crippen molar-refractivity contribution in [3.63, 3.8) is 0 Å². The maximum absolute atomic E-state index is 13.1. The van der Waals surface area contributed by atoms with Gasteiger partial charge in [0, 0.05) is 22.8 Å². The summed E-state index contributed by atoms with van der Waals surface area (Å²) in [4.78, 5) is 15.5. The van der Waals surface area contributed by atoms with Gasteiger partial charge in [0.15, 0.2) is 0 Å². The zero-order valence-corrected chi connectivity index (χ0v) is 30.5. The van der Waals surface area contributed by atoms with E-state index in [4.69, 9.17) is 13.9 Å². The van der Waals surface area contributed by atoms with Crippen molar-refractivity contribution in [3.05, 3.63) is 41.3 Å². The molecule has 0 radical (unpaired) electrons. The smallest absolute Gasteiger partial charge is 0.312 e. The Morgan fingerprint density at radius 3 is 2.23 bits per heavy atom. The molecule has 4 N–H and O–H groups in total. The van der Waals surface area contributed by atoms with Gasteiger partial charge in [-0.25, -0.2) is 0 Å². The van der Waals surface area contributed by atoms with Gasteiger partial charge in [0.2, 0.25) is 0 Å². The number of unbranched alkanes of at least 4 members (excludes halogenated alkanes) is 2. The minimum absolute atomic E-state index is 0.0584. The number of fused-ring (bicyclic) bond motifs is 1. The highest BCUT2D eigenvalue weighted by Gasteiger charge is 2.47. The average Bonchev–Trinajstić information content (AvgIpc) is 3.63. The van der Waals surface area contributed by atoms with Gasteiger partial charge in [0.05, 0.1) is 35.2 Å². The average molecular weight is 675 g/mol. The summed E-state index contributed by atoms with van der Waals surface area (Å²) in [6.07, 6.45) is 0.644. The molecule has 264 valence electrons. The van der Waals surface area contributed by atoms with Gasteiger partial charge in [-0.2, -0.15) is 0 Å². The molecule has 1 aromatic carbocycles. The van der Waals surface area contributed by atoms with E-state index < -0.39 is 29.8 Å². The van der Waals surface area contributed by atoms with E-state index in [1.165, 1.54) is 24.1 Å². The van der Waals surface area contributed by atoms with Crippen LogP contribution in [0.15, 0.2) is 40.8 Å². The summed E-state index contributed by atoms with van der Waals surface area (Å²) in [5.41, 5.74) is -0.377. The number of ether oxygens (including phenoxy) is 2. The number of carbonyl (C=O) groups is 1. The van der Waals surface area contributed by atoms with Crippen molar-refractivity contribution in [3.8, 4) is 16.4 Å². The molecule has 47 heavy (non-hydrogen) atoms. The number of aryl methyl sites for hydroxylation is 1. The lowest BCUT2D eigenvalue weighted by molar-refractivity contribution is -0.165. The number of aliphatic hydroxyl groups is 4. The molecule has 0 saturated heterocycles. The number of rotatable bonds is 18. The zero-order valence-electron chi connectivity index (χ0n) is 29.7. The van der Waals surface area contributed by atoms with Crippen LogP contribution in [0.1, 0.15) is 105 Å². The summed E-state index contributed by atoms with van der Waals surface area (Å²) in [5.74, 6) is 1.01. The molecule has 3 aromatic rings. The number of hydrogen-bond acceptors (Lipinski definition) is 9. The molecule has 2 heterocycles. The van der Waals surface area contributed by atoms with E-state index in [-0.39, 0.29) is 42.9 Å².